The molecule has 0 aromatic heterocycles. The van der Waals surface area contributed by atoms with Gasteiger partial charge in [0.2, 0.25) is 0 Å². The Morgan fingerprint density at radius 1 is 1.26 bits per heavy atom. The quantitative estimate of drug-likeness (QED) is 0.857. The zero-order chi connectivity index (χ0) is 13.4. The average Bonchev–Trinajstić information content (AvgIpc) is 2.81. The number of halogens is 1. The number of nitrogens with zero attached hydrogens (tertiary/aromatic N) is 2. The number of hydrogen-bond donors (Lipinski definition) is 1. The summed E-state index contributed by atoms with van der Waals surface area (Å²) in [7, 11) is 0. The van der Waals surface area contributed by atoms with E-state index in [0.29, 0.717) is 22.5 Å². The minimum absolute atomic E-state index is 0.363. The maximum absolute atomic E-state index is 9.25. The van der Waals surface area contributed by atoms with Gasteiger partial charge in [-0.3, -0.25) is 0 Å². The lowest BCUT2D eigenvalue weighted by atomic mass is 9.79. The number of fused-ring (bicyclic) bond motifs is 1. The Balaban J connectivity index is 1.83. The van der Waals surface area contributed by atoms with Gasteiger partial charge in [-0.05, 0) is 49.3 Å². The molecule has 2 fully saturated rings. The van der Waals surface area contributed by atoms with Crippen LogP contribution in [0, 0.1) is 23.2 Å². The van der Waals surface area contributed by atoms with Crippen LogP contribution in [0.4, 0.5) is 5.69 Å². The summed E-state index contributed by atoms with van der Waals surface area (Å²) in [5.74, 6) is 1.42. The number of benzene rings is 1. The minimum atomic E-state index is 0.363. The lowest BCUT2D eigenvalue weighted by Gasteiger charge is -2.27. The predicted molar refractivity (Wildman–Crippen MR) is 77.2 cm³/mol. The summed E-state index contributed by atoms with van der Waals surface area (Å²) in [5.41, 5.74) is 7.76. The maximum atomic E-state index is 9.25. The third-order valence-corrected chi connectivity index (χ3v) is 4.75. The Morgan fingerprint density at radius 2 is 2.05 bits per heavy atom. The molecule has 4 heteroatoms. The van der Waals surface area contributed by atoms with E-state index in [-0.39, 0.29) is 0 Å². The topological polar surface area (TPSA) is 53.0 Å². The second kappa shape index (κ2) is 5.03. The van der Waals surface area contributed by atoms with Gasteiger partial charge in [-0.1, -0.05) is 11.6 Å². The van der Waals surface area contributed by atoms with Crippen molar-refractivity contribution in [2.45, 2.75) is 25.3 Å². The van der Waals surface area contributed by atoms with Gasteiger partial charge >= 0.3 is 0 Å². The maximum Gasteiger partial charge on any atom is 0.101 e. The van der Waals surface area contributed by atoms with E-state index >= 15 is 0 Å². The van der Waals surface area contributed by atoms with E-state index in [0.717, 1.165) is 37.5 Å². The summed E-state index contributed by atoms with van der Waals surface area (Å²) < 4.78 is 0. The molecule has 1 aromatic rings. The lowest BCUT2D eigenvalue weighted by Crippen LogP contribution is -2.32. The van der Waals surface area contributed by atoms with Crippen LogP contribution in [0.3, 0.4) is 0 Å². The van der Waals surface area contributed by atoms with Crippen molar-refractivity contribution >= 4 is 17.3 Å². The molecule has 3 rings (SSSR count). The van der Waals surface area contributed by atoms with E-state index in [1.165, 1.54) is 6.42 Å². The van der Waals surface area contributed by atoms with Crippen LogP contribution in [0.25, 0.3) is 0 Å². The molecule has 1 unspecified atom stereocenters. The van der Waals surface area contributed by atoms with Crippen LogP contribution in [0.2, 0.25) is 5.02 Å². The SMILES string of the molecule is N#Cc1cc(Cl)ccc1N1C[C@H]2CCC(N)C[C@H]2C1. The molecule has 2 N–H and O–H groups in total. The lowest BCUT2D eigenvalue weighted by molar-refractivity contribution is 0.271. The van der Waals surface area contributed by atoms with Gasteiger partial charge in [-0.25, -0.2) is 0 Å². The van der Waals surface area contributed by atoms with E-state index in [9.17, 15) is 5.26 Å². The fourth-order valence-electron chi connectivity index (χ4n) is 3.54. The van der Waals surface area contributed by atoms with E-state index < -0.39 is 0 Å². The molecule has 0 radical (unpaired) electrons. The zero-order valence-electron chi connectivity index (χ0n) is 10.8. The highest BCUT2D eigenvalue weighted by atomic mass is 35.5. The van der Waals surface area contributed by atoms with E-state index in [2.05, 4.69) is 11.0 Å². The first-order chi connectivity index (χ1) is 9.17. The standard InChI is InChI=1S/C15H18ClN3/c16-13-2-4-15(11(5-13)7-17)19-8-10-1-3-14(18)6-12(10)9-19/h2,4-5,10,12,14H,1,3,6,8-9,18H2/t10-,12+,14?/m1/s1. The highest BCUT2D eigenvalue weighted by molar-refractivity contribution is 6.30. The Kier molecular flexibility index (Phi) is 3.38. The summed E-state index contributed by atoms with van der Waals surface area (Å²) in [6.07, 6.45) is 3.48. The Morgan fingerprint density at radius 3 is 2.84 bits per heavy atom. The van der Waals surface area contributed by atoms with Crippen molar-refractivity contribution in [1.29, 1.82) is 5.26 Å². The number of anilines is 1. The molecule has 19 heavy (non-hydrogen) atoms. The fourth-order valence-corrected chi connectivity index (χ4v) is 3.71. The van der Waals surface area contributed by atoms with Gasteiger partial charge in [0, 0.05) is 24.2 Å². The van der Waals surface area contributed by atoms with Gasteiger partial charge in [-0.2, -0.15) is 5.26 Å². The van der Waals surface area contributed by atoms with Crippen molar-refractivity contribution in [2.75, 3.05) is 18.0 Å². The van der Waals surface area contributed by atoms with Gasteiger partial charge in [0.1, 0.15) is 6.07 Å². The number of hydrogen-bond acceptors (Lipinski definition) is 3. The molecule has 0 amide bonds. The van der Waals surface area contributed by atoms with E-state index in [1.54, 1.807) is 6.07 Å². The second-order valence-electron chi connectivity index (χ2n) is 5.77. The first-order valence-electron chi connectivity index (χ1n) is 6.87. The highest BCUT2D eigenvalue weighted by Crippen LogP contribution is 2.38. The van der Waals surface area contributed by atoms with Crippen LogP contribution < -0.4 is 10.6 Å². The molecule has 100 valence electrons. The van der Waals surface area contributed by atoms with Crippen molar-refractivity contribution in [3.63, 3.8) is 0 Å². The monoisotopic (exact) mass is 275 g/mol. The molecule has 1 aliphatic heterocycles. The first-order valence-corrected chi connectivity index (χ1v) is 7.25. The second-order valence-corrected chi connectivity index (χ2v) is 6.21. The van der Waals surface area contributed by atoms with Crippen LogP contribution in [0.5, 0.6) is 0 Å². The average molecular weight is 276 g/mol. The van der Waals surface area contributed by atoms with Gasteiger partial charge in [0.05, 0.1) is 11.3 Å². The molecule has 1 heterocycles. The molecule has 0 spiro atoms. The van der Waals surface area contributed by atoms with Gasteiger partial charge in [0.25, 0.3) is 0 Å². The predicted octanol–water partition coefficient (Wildman–Crippen LogP) is 2.78. The molecule has 3 atom stereocenters. The molecule has 2 aliphatic rings. The van der Waals surface area contributed by atoms with Crippen LogP contribution >= 0.6 is 11.6 Å². The van der Waals surface area contributed by atoms with Gasteiger partial charge in [0.15, 0.2) is 0 Å². The van der Waals surface area contributed by atoms with Crippen molar-refractivity contribution in [3.8, 4) is 6.07 Å². The molecule has 1 aromatic carbocycles. The van der Waals surface area contributed by atoms with Crippen molar-refractivity contribution in [3.05, 3.63) is 28.8 Å². The van der Waals surface area contributed by atoms with Gasteiger partial charge < -0.3 is 10.6 Å². The molecule has 1 saturated carbocycles. The van der Waals surface area contributed by atoms with Crippen molar-refractivity contribution in [1.82, 2.24) is 0 Å². The van der Waals surface area contributed by atoms with Crippen molar-refractivity contribution in [2.24, 2.45) is 17.6 Å². The molecule has 0 bridgehead atoms. The summed E-state index contributed by atoms with van der Waals surface area (Å²) >= 11 is 5.96. The Labute approximate surface area is 118 Å². The van der Waals surface area contributed by atoms with E-state index in [4.69, 9.17) is 17.3 Å². The zero-order valence-corrected chi connectivity index (χ0v) is 11.6. The third kappa shape index (κ3) is 2.43. The Bertz CT molecular complexity index is 523. The molecule has 3 nitrogen and oxygen atoms in total. The summed E-state index contributed by atoms with van der Waals surface area (Å²) in [4.78, 5) is 2.34. The molecule has 1 saturated heterocycles. The number of rotatable bonds is 1. The van der Waals surface area contributed by atoms with Crippen LogP contribution in [0.1, 0.15) is 24.8 Å². The Hall–Kier alpha value is -1.24. The highest BCUT2D eigenvalue weighted by Gasteiger charge is 2.37. The van der Waals surface area contributed by atoms with E-state index in [1.807, 2.05) is 12.1 Å². The summed E-state index contributed by atoms with van der Waals surface area (Å²) in [5, 5.41) is 9.87. The van der Waals surface area contributed by atoms with Crippen LogP contribution in [-0.4, -0.2) is 19.1 Å². The molecular weight excluding hydrogens is 258 g/mol. The molecular formula is C15H18ClN3. The normalized spacial score (nSPS) is 29.9. The largest absolute Gasteiger partial charge is 0.370 e. The van der Waals surface area contributed by atoms with Gasteiger partial charge in [-0.15, -0.1) is 0 Å². The molecule has 1 aliphatic carbocycles. The number of nitriles is 1. The van der Waals surface area contributed by atoms with Crippen LogP contribution in [0.15, 0.2) is 18.2 Å². The minimum Gasteiger partial charge on any atom is -0.370 e. The fraction of sp³-hybridized carbons (Fsp3) is 0.533. The third-order valence-electron chi connectivity index (χ3n) is 4.51. The summed E-state index contributed by atoms with van der Waals surface area (Å²) in [6.45, 7) is 2.07. The first kappa shape index (κ1) is 12.8. The van der Waals surface area contributed by atoms with Crippen molar-refractivity contribution < 1.29 is 0 Å². The summed E-state index contributed by atoms with van der Waals surface area (Å²) in [6, 6.07) is 8.21. The number of nitrogens with two attached hydrogens (primary N) is 1. The van der Waals surface area contributed by atoms with Crippen LogP contribution in [-0.2, 0) is 0 Å². The smallest absolute Gasteiger partial charge is 0.101 e.